The largest absolute Gasteiger partial charge is 0.378 e. The maximum Gasteiger partial charge on any atom is 0.240 e. The van der Waals surface area contributed by atoms with Crippen LogP contribution in [0.5, 0.6) is 0 Å². The van der Waals surface area contributed by atoms with Crippen LogP contribution in [-0.2, 0) is 16.1 Å². The number of H-pyrrole nitrogens is 1. The molecule has 3 heterocycles. The minimum atomic E-state index is -0.0959. The minimum absolute atomic E-state index is 0.0424. The zero-order valence-corrected chi connectivity index (χ0v) is 16.1. The molecule has 2 aliphatic rings. The topological polar surface area (TPSA) is 65.6 Å². The van der Waals surface area contributed by atoms with E-state index in [1.54, 1.807) is 6.07 Å². The smallest absolute Gasteiger partial charge is 0.240 e. The first-order valence-corrected chi connectivity index (χ1v) is 9.76. The zero-order valence-electron chi connectivity index (χ0n) is 16.1. The van der Waals surface area contributed by atoms with Gasteiger partial charge in [-0.25, -0.2) is 0 Å². The molecule has 6 nitrogen and oxygen atoms in total. The fourth-order valence-corrected chi connectivity index (χ4v) is 4.35. The summed E-state index contributed by atoms with van der Waals surface area (Å²) in [6, 6.07) is 5.62. The van der Waals surface area contributed by atoms with E-state index in [0.29, 0.717) is 32.8 Å². The molecule has 1 aromatic carbocycles. The average Bonchev–Trinajstić information content (AvgIpc) is 3.11. The number of amides is 1. The first-order valence-electron chi connectivity index (χ1n) is 9.76. The number of pyridine rings is 1. The van der Waals surface area contributed by atoms with Gasteiger partial charge in [0.2, 0.25) is 5.91 Å². The molecule has 6 heteroatoms. The second-order valence-corrected chi connectivity index (χ2v) is 7.73. The summed E-state index contributed by atoms with van der Waals surface area (Å²) in [5, 5.41) is 0.735. The van der Waals surface area contributed by atoms with Gasteiger partial charge in [0.15, 0.2) is 5.43 Å². The van der Waals surface area contributed by atoms with E-state index < -0.39 is 0 Å². The number of carbonyl (C=O) groups is 1. The number of aryl methyl sites for hydroxylation is 2. The lowest BCUT2D eigenvalue weighted by atomic mass is 10.1. The SMILES string of the molecule is Cc1cc(C)c2[nH]c(CN3CCC[C@H]3C(=O)N3CCOCC3)cc(=O)c2c1. The number of fused-ring (bicyclic) bond motifs is 1. The lowest BCUT2D eigenvalue weighted by Crippen LogP contribution is -2.49. The van der Waals surface area contributed by atoms with Crippen LogP contribution in [0.25, 0.3) is 10.9 Å². The van der Waals surface area contributed by atoms with Crippen molar-refractivity contribution in [2.45, 2.75) is 39.3 Å². The van der Waals surface area contributed by atoms with Gasteiger partial charge in [0.25, 0.3) is 0 Å². The van der Waals surface area contributed by atoms with Crippen molar-refractivity contribution in [1.29, 1.82) is 0 Å². The summed E-state index contributed by atoms with van der Waals surface area (Å²) in [5.74, 6) is 0.200. The third kappa shape index (κ3) is 3.64. The van der Waals surface area contributed by atoms with Gasteiger partial charge in [-0.3, -0.25) is 14.5 Å². The number of aromatic nitrogens is 1. The fourth-order valence-electron chi connectivity index (χ4n) is 4.35. The summed E-state index contributed by atoms with van der Waals surface area (Å²) in [6.07, 6.45) is 1.89. The van der Waals surface area contributed by atoms with E-state index in [1.807, 2.05) is 24.8 Å². The van der Waals surface area contributed by atoms with Crippen molar-refractivity contribution in [3.05, 3.63) is 45.2 Å². The Kier molecular flexibility index (Phi) is 5.02. The lowest BCUT2D eigenvalue weighted by Gasteiger charge is -2.32. The van der Waals surface area contributed by atoms with E-state index in [-0.39, 0.29) is 17.4 Å². The number of carbonyl (C=O) groups excluding carboxylic acids is 1. The minimum Gasteiger partial charge on any atom is -0.378 e. The molecule has 0 unspecified atom stereocenters. The standard InChI is InChI=1S/C21H27N3O3/c1-14-10-15(2)20-17(11-14)19(25)12-16(22-20)13-24-5-3-4-18(24)21(26)23-6-8-27-9-7-23/h10-12,18H,3-9,13H2,1-2H3,(H,22,25)/t18-/m0/s1. The Morgan fingerprint density at radius 3 is 2.74 bits per heavy atom. The number of morpholine rings is 1. The first kappa shape index (κ1) is 18.2. The van der Waals surface area contributed by atoms with Crippen molar-refractivity contribution in [1.82, 2.24) is 14.8 Å². The summed E-state index contributed by atoms with van der Waals surface area (Å²) in [5.41, 5.74) is 3.99. The van der Waals surface area contributed by atoms with Gasteiger partial charge >= 0.3 is 0 Å². The van der Waals surface area contributed by atoms with Gasteiger partial charge in [0.1, 0.15) is 0 Å². The van der Waals surface area contributed by atoms with E-state index in [2.05, 4.69) is 16.0 Å². The van der Waals surface area contributed by atoms with Crippen LogP contribution in [0.2, 0.25) is 0 Å². The van der Waals surface area contributed by atoms with Crippen LogP contribution in [0.15, 0.2) is 23.0 Å². The van der Waals surface area contributed by atoms with E-state index in [9.17, 15) is 9.59 Å². The second-order valence-electron chi connectivity index (χ2n) is 7.73. The van der Waals surface area contributed by atoms with E-state index >= 15 is 0 Å². The molecule has 2 saturated heterocycles. The van der Waals surface area contributed by atoms with Crippen molar-refractivity contribution >= 4 is 16.8 Å². The highest BCUT2D eigenvalue weighted by Crippen LogP contribution is 2.23. The lowest BCUT2D eigenvalue weighted by molar-refractivity contribution is -0.140. The highest BCUT2D eigenvalue weighted by Gasteiger charge is 2.34. The summed E-state index contributed by atoms with van der Waals surface area (Å²) in [6.45, 7) is 8.10. The van der Waals surface area contributed by atoms with Crippen LogP contribution >= 0.6 is 0 Å². The Morgan fingerprint density at radius 1 is 1.19 bits per heavy atom. The highest BCUT2D eigenvalue weighted by atomic mass is 16.5. The van der Waals surface area contributed by atoms with E-state index in [1.165, 1.54) is 0 Å². The van der Waals surface area contributed by atoms with Gasteiger partial charge in [-0.05, 0) is 50.4 Å². The Balaban J connectivity index is 1.57. The molecule has 2 aromatic rings. The summed E-state index contributed by atoms with van der Waals surface area (Å²) in [4.78, 5) is 33.1. The maximum absolute atomic E-state index is 12.9. The van der Waals surface area contributed by atoms with Crippen molar-refractivity contribution in [3.63, 3.8) is 0 Å². The molecule has 0 radical (unpaired) electrons. The number of ether oxygens (including phenoxy) is 1. The molecular weight excluding hydrogens is 342 g/mol. The molecule has 0 saturated carbocycles. The Bertz CT molecular complexity index is 915. The number of hydrogen-bond acceptors (Lipinski definition) is 4. The van der Waals surface area contributed by atoms with Crippen LogP contribution < -0.4 is 5.43 Å². The molecule has 2 fully saturated rings. The Hall–Kier alpha value is -2.18. The van der Waals surface area contributed by atoms with Crippen molar-refractivity contribution in [3.8, 4) is 0 Å². The van der Waals surface area contributed by atoms with Gasteiger partial charge in [-0.2, -0.15) is 0 Å². The number of rotatable bonds is 3. The average molecular weight is 369 g/mol. The van der Waals surface area contributed by atoms with Gasteiger partial charge in [-0.15, -0.1) is 0 Å². The number of hydrogen-bond donors (Lipinski definition) is 1. The zero-order chi connectivity index (χ0) is 19.0. The molecule has 0 aliphatic carbocycles. The van der Waals surface area contributed by atoms with Gasteiger partial charge < -0.3 is 14.6 Å². The third-order valence-electron chi connectivity index (χ3n) is 5.68. The first-order chi connectivity index (χ1) is 13.0. The molecule has 27 heavy (non-hydrogen) atoms. The quantitative estimate of drug-likeness (QED) is 0.898. The number of likely N-dealkylation sites (tertiary alicyclic amines) is 1. The molecule has 1 amide bonds. The fraction of sp³-hybridized carbons (Fsp3) is 0.524. The number of nitrogens with one attached hydrogen (secondary N) is 1. The van der Waals surface area contributed by atoms with E-state index in [0.717, 1.165) is 47.1 Å². The molecule has 1 atom stereocenters. The van der Waals surface area contributed by atoms with Crippen LogP contribution in [0.3, 0.4) is 0 Å². The van der Waals surface area contributed by atoms with Gasteiger partial charge in [-0.1, -0.05) is 6.07 Å². The second kappa shape index (κ2) is 7.44. The summed E-state index contributed by atoms with van der Waals surface area (Å²) < 4.78 is 5.36. The Labute approximate surface area is 159 Å². The van der Waals surface area contributed by atoms with Crippen molar-refractivity contribution < 1.29 is 9.53 Å². The van der Waals surface area contributed by atoms with Gasteiger partial charge in [0, 0.05) is 36.8 Å². The predicted molar refractivity (Wildman–Crippen MR) is 105 cm³/mol. The number of nitrogens with zero attached hydrogens (tertiary/aromatic N) is 2. The van der Waals surface area contributed by atoms with Gasteiger partial charge in [0.05, 0.1) is 24.8 Å². The Morgan fingerprint density at radius 2 is 1.96 bits per heavy atom. The number of benzene rings is 1. The molecular formula is C21H27N3O3. The van der Waals surface area contributed by atoms with Crippen molar-refractivity contribution in [2.24, 2.45) is 0 Å². The molecule has 1 aromatic heterocycles. The molecule has 0 spiro atoms. The van der Waals surface area contributed by atoms with E-state index in [4.69, 9.17) is 4.74 Å². The van der Waals surface area contributed by atoms with Crippen LogP contribution in [0.1, 0.15) is 29.7 Å². The molecule has 2 aliphatic heterocycles. The summed E-state index contributed by atoms with van der Waals surface area (Å²) in [7, 11) is 0. The highest BCUT2D eigenvalue weighted by molar-refractivity contribution is 5.83. The normalized spacial score (nSPS) is 21.1. The number of aromatic amines is 1. The monoisotopic (exact) mass is 369 g/mol. The maximum atomic E-state index is 12.9. The van der Waals surface area contributed by atoms with Crippen LogP contribution in [-0.4, -0.2) is 59.6 Å². The molecule has 144 valence electrons. The predicted octanol–water partition coefficient (Wildman–Crippen LogP) is 1.97. The molecule has 4 rings (SSSR count). The molecule has 1 N–H and O–H groups in total. The molecule has 0 bridgehead atoms. The van der Waals surface area contributed by atoms with Crippen LogP contribution in [0, 0.1) is 13.8 Å². The van der Waals surface area contributed by atoms with Crippen molar-refractivity contribution in [2.75, 3.05) is 32.8 Å². The third-order valence-corrected chi connectivity index (χ3v) is 5.68. The van der Waals surface area contributed by atoms with Crippen LogP contribution in [0.4, 0.5) is 0 Å². The summed E-state index contributed by atoms with van der Waals surface area (Å²) >= 11 is 0.